The van der Waals surface area contributed by atoms with E-state index >= 15 is 0 Å². The predicted octanol–water partition coefficient (Wildman–Crippen LogP) is 5.25. The van der Waals surface area contributed by atoms with E-state index in [0.717, 1.165) is 18.4 Å². The summed E-state index contributed by atoms with van der Waals surface area (Å²) in [6, 6.07) is 7.17. The molecule has 0 amide bonds. The van der Waals surface area contributed by atoms with Gasteiger partial charge in [-0.3, -0.25) is 0 Å². The third-order valence-corrected chi connectivity index (χ3v) is 2.87. The number of halogens is 2. The van der Waals surface area contributed by atoms with Crippen molar-refractivity contribution in [2.75, 3.05) is 0 Å². The first-order chi connectivity index (χ1) is 10.3. The number of unbranched alkanes of at least 4 members (excludes halogenated alkanes) is 1. The van der Waals surface area contributed by atoms with Gasteiger partial charge in [0.15, 0.2) is 5.56 Å². The lowest BCUT2D eigenvalue weighted by Crippen LogP contribution is -2.10. The van der Waals surface area contributed by atoms with Crippen LogP contribution in [0.4, 0.5) is 0 Å². The first-order valence-corrected chi connectivity index (χ1v) is 7.92. The third-order valence-electron chi connectivity index (χ3n) is 2.31. The quantitative estimate of drug-likeness (QED) is 0.402. The van der Waals surface area contributed by atoms with Crippen LogP contribution in [0.3, 0.4) is 0 Å². The lowest BCUT2D eigenvalue weighted by molar-refractivity contribution is -0.139. The molecule has 1 aromatic carbocycles. The average Bonchev–Trinajstić information content (AvgIpc) is 2.44. The number of alkyl halides is 1. The molecular formula is C17H22Cl2O3. The number of benzene rings is 1. The summed E-state index contributed by atoms with van der Waals surface area (Å²) in [5.74, 6) is -0.263. The minimum absolute atomic E-state index is 0.167. The van der Waals surface area contributed by atoms with Crippen LogP contribution in [0, 0.1) is 0 Å². The minimum atomic E-state index is -0.549. The van der Waals surface area contributed by atoms with E-state index in [1.165, 1.54) is 19.9 Å². The molecule has 1 rings (SSSR count). The van der Waals surface area contributed by atoms with Crippen molar-refractivity contribution in [1.82, 2.24) is 0 Å². The molecule has 5 heteroatoms. The normalized spacial score (nSPS) is 11.5. The summed E-state index contributed by atoms with van der Waals surface area (Å²) in [6.45, 7) is 5.12. The summed E-state index contributed by atoms with van der Waals surface area (Å²) in [7, 11) is 0. The van der Waals surface area contributed by atoms with Gasteiger partial charge in [-0.05, 0) is 50.5 Å². The average molecular weight is 345 g/mol. The molecule has 0 aliphatic heterocycles. The van der Waals surface area contributed by atoms with Gasteiger partial charge in [-0.1, -0.05) is 48.7 Å². The van der Waals surface area contributed by atoms with Gasteiger partial charge in [0, 0.05) is 11.1 Å². The summed E-state index contributed by atoms with van der Waals surface area (Å²) in [5, 5.41) is 0.662. The van der Waals surface area contributed by atoms with E-state index < -0.39 is 11.5 Å². The molecule has 1 atom stereocenters. The smallest absolute Gasteiger partial charge is 0.332 e. The fraction of sp³-hybridized carbons (Fsp3) is 0.412. The van der Waals surface area contributed by atoms with Crippen LogP contribution >= 0.6 is 23.2 Å². The molecule has 0 fully saturated rings. The molecule has 1 aromatic rings. The Labute approximate surface area is 142 Å². The van der Waals surface area contributed by atoms with Crippen LogP contribution in [-0.2, 0) is 14.3 Å². The predicted molar refractivity (Wildman–Crippen MR) is 92.1 cm³/mol. The maximum atomic E-state index is 11.4. The Balaban J connectivity index is 0.000000980. The van der Waals surface area contributed by atoms with Gasteiger partial charge in [-0.25, -0.2) is 4.79 Å². The Bertz CT molecular complexity index is 477. The van der Waals surface area contributed by atoms with Crippen LogP contribution in [0.2, 0.25) is 5.02 Å². The zero-order chi connectivity index (χ0) is 17.0. The number of ketones is 1. The zero-order valence-corrected chi connectivity index (χ0v) is 14.7. The van der Waals surface area contributed by atoms with Crippen molar-refractivity contribution < 1.29 is 14.3 Å². The molecule has 22 heavy (non-hydrogen) atoms. The summed E-state index contributed by atoms with van der Waals surface area (Å²) in [6.07, 6.45) is 5.69. The number of rotatable bonds is 6. The lowest BCUT2D eigenvalue weighted by Gasteiger charge is -2.08. The molecule has 0 radical (unpaired) electrons. The molecule has 0 spiro atoms. The van der Waals surface area contributed by atoms with Crippen molar-refractivity contribution in [3.05, 3.63) is 40.9 Å². The molecular weight excluding hydrogens is 323 g/mol. The van der Waals surface area contributed by atoms with Crippen LogP contribution in [-0.4, -0.2) is 17.3 Å². The van der Waals surface area contributed by atoms with Gasteiger partial charge in [0.2, 0.25) is 0 Å². The number of ether oxygens (including phenoxy) is 1. The molecule has 0 N–H and O–H groups in total. The van der Waals surface area contributed by atoms with Gasteiger partial charge in [0.05, 0.1) is 0 Å². The molecule has 0 aliphatic rings. The highest BCUT2D eigenvalue weighted by molar-refractivity contribution is 6.30. The van der Waals surface area contributed by atoms with Gasteiger partial charge < -0.3 is 9.53 Å². The monoisotopic (exact) mass is 344 g/mol. The molecule has 0 aromatic heterocycles. The van der Waals surface area contributed by atoms with E-state index in [1.54, 1.807) is 18.2 Å². The van der Waals surface area contributed by atoms with E-state index in [4.69, 9.17) is 27.9 Å². The second-order valence-electron chi connectivity index (χ2n) is 4.78. The van der Waals surface area contributed by atoms with Crippen LogP contribution in [0.1, 0.15) is 45.6 Å². The van der Waals surface area contributed by atoms with Gasteiger partial charge in [-0.2, -0.15) is 0 Å². The highest BCUT2D eigenvalue weighted by Gasteiger charge is 2.07. The Kier molecular flexibility index (Phi) is 11.5. The van der Waals surface area contributed by atoms with E-state index in [0.29, 0.717) is 11.4 Å². The number of hydrogen-bond donors (Lipinski definition) is 0. The topological polar surface area (TPSA) is 43.4 Å². The first-order valence-electron chi connectivity index (χ1n) is 7.10. The van der Waals surface area contributed by atoms with Gasteiger partial charge >= 0.3 is 5.97 Å². The number of carbonyl (C=O) groups excluding carboxylic acids is 2. The Hall–Kier alpha value is -1.32. The van der Waals surface area contributed by atoms with Crippen LogP contribution in [0.15, 0.2) is 30.3 Å². The van der Waals surface area contributed by atoms with Gasteiger partial charge in [0.1, 0.15) is 5.78 Å². The Morgan fingerprint density at radius 2 is 1.77 bits per heavy atom. The first kappa shape index (κ1) is 20.7. The molecule has 3 nitrogen and oxygen atoms in total. The van der Waals surface area contributed by atoms with Gasteiger partial charge in [-0.15, -0.1) is 0 Å². The Morgan fingerprint density at radius 3 is 2.27 bits per heavy atom. The van der Waals surface area contributed by atoms with E-state index in [2.05, 4.69) is 6.92 Å². The maximum Gasteiger partial charge on any atom is 0.332 e. The number of hydrogen-bond acceptors (Lipinski definition) is 3. The van der Waals surface area contributed by atoms with Crippen LogP contribution in [0.5, 0.6) is 0 Å². The summed E-state index contributed by atoms with van der Waals surface area (Å²) >= 11 is 11.6. The molecule has 0 saturated carbocycles. The van der Waals surface area contributed by atoms with Crippen molar-refractivity contribution in [3.8, 4) is 0 Å². The summed E-state index contributed by atoms with van der Waals surface area (Å²) < 4.78 is 5.01. The Morgan fingerprint density at radius 1 is 1.23 bits per heavy atom. The maximum absolute atomic E-state index is 11.4. The highest BCUT2D eigenvalue weighted by Crippen LogP contribution is 2.12. The van der Waals surface area contributed by atoms with Crippen molar-refractivity contribution in [3.63, 3.8) is 0 Å². The van der Waals surface area contributed by atoms with Crippen molar-refractivity contribution in [2.24, 2.45) is 0 Å². The van der Waals surface area contributed by atoms with Crippen molar-refractivity contribution >= 4 is 41.0 Å². The second-order valence-corrected chi connectivity index (χ2v) is 5.71. The van der Waals surface area contributed by atoms with Gasteiger partial charge in [0.25, 0.3) is 0 Å². The molecule has 1 unspecified atom stereocenters. The fourth-order valence-electron chi connectivity index (χ4n) is 1.33. The van der Waals surface area contributed by atoms with Crippen LogP contribution in [0.25, 0.3) is 6.08 Å². The van der Waals surface area contributed by atoms with Crippen molar-refractivity contribution in [1.29, 1.82) is 0 Å². The van der Waals surface area contributed by atoms with Crippen LogP contribution < -0.4 is 0 Å². The lowest BCUT2D eigenvalue weighted by atomic mass is 10.2. The second kappa shape index (κ2) is 12.2. The standard InChI is InChI=1S/C14H16Cl2O2.C3H6O/c1-2-3-4-13(16)18-14(17)10-7-11-5-8-12(15)9-6-11;1-3(2)4/h5-10,13H,2-4H2,1H3;1-2H3/b10-7+;. The SMILES string of the molecule is CC(C)=O.CCCCC(Cl)OC(=O)/C=C/c1ccc(Cl)cc1. The summed E-state index contributed by atoms with van der Waals surface area (Å²) in [4.78, 5) is 20.9. The zero-order valence-electron chi connectivity index (χ0n) is 13.1. The fourth-order valence-corrected chi connectivity index (χ4v) is 1.70. The molecule has 0 aliphatic carbocycles. The van der Waals surface area contributed by atoms with Crippen molar-refractivity contribution in [2.45, 2.75) is 45.6 Å². The van der Waals surface area contributed by atoms with E-state index in [9.17, 15) is 9.59 Å². The molecule has 0 heterocycles. The minimum Gasteiger partial charge on any atom is -0.443 e. The summed E-state index contributed by atoms with van der Waals surface area (Å²) in [5.41, 5.74) is 0.336. The van der Waals surface area contributed by atoms with E-state index in [1.807, 2.05) is 12.1 Å². The number of carbonyl (C=O) groups is 2. The molecule has 0 bridgehead atoms. The molecule has 0 saturated heterocycles. The number of Topliss-reactive ketones (excluding diaryl/α,β-unsaturated/α-hetero) is 1. The third kappa shape index (κ3) is 12.4. The highest BCUT2D eigenvalue weighted by atomic mass is 35.5. The largest absolute Gasteiger partial charge is 0.443 e. The number of esters is 1. The molecule has 122 valence electrons. The van der Waals surface area contributed by atoms with E-state index in [-0.39, 0.29) is 5.78 Å².